The van der Waals surface area contributed by atoms with Gasteiger partial charge in [0.25, 0.3) is 0 Å². The molecule has 1 aromatic heterocycles. The molecule has 4 N–H and O–H groups in total. The van der Waals surface area contributed by atoms with E-state index in [4.69, 9.17) is 15.2 Å². The van der Waals surface area contributed by atoms with E-state index in [1.807, 2.05) is 70.2 Å². The van der Waals surface area contributed by atoms with Crippen LogP contribution < -0.4 is 21.1 Å². The molecule has 2 aliphatic rings. The molecular formula is C34H38FN5O4. The minimum atomic E-state index is -0.768. The molecule has 0 saturated heterocycles. The maximum atomic E-state index is 15.5. The van der Waals surface area contributed by atoms with Crippen molar-refractivity contribution in [2.45, 2.75) is 58.7 Å². The summed E-state index contributed by atoms with van der Waals surface area (Å²) in [5, 5.41) is 7.76. The first-order valence-corrected chi connectivity index (χ1v) is 14.7. The summed E-state index contributed by atoms with van der Waals surface area (Å²) in [6, 6.07) is 15.4. The third-order valence-corrected chi connectivity index (χ3v) is 8.02. The number of hydrogen-bond donors (Lipinski definition) is 3. The topological polar surface area (TPSA) is 119 Å². The molecule has 4 aromatic rings. The lowest BCUT2D eigenvalue weighted by molar-refractivity contribution is -0.131. The van der Waals surface area contributed by atoms with Crippen molar-refractivity contribution in [2.75, 3.05) is 30.0 Å². The molecule has 2 amide bonds. The Morgan fingerprint density at radius 2 is 1.98 bits per heavy atom. The van der Waals surface area contributed by atoms with Gasteiger partial charge in [-0.05, 0) is 72.7 Å². The highest BCUT2D eigenvalue weighted by Crippen LogP contribution is 2.33. The number of rotatable bonds is 5. The normalized spacial score (nSPS) is 18.1. The number of benzene rings is 3. The van der Waals surface area contributed by atoms with Crippen LogP contribution in [0.4, 0.5) is 26.4 Å². The Hall–Kier alpha value is -4.86. The molecule has 3 heterocycles. The molecule has 0 radical (unpaired) electrons. The fraction of sp³-hybridized carbons (Fsp3) is 0.324. The molecule has 0 saturated carbocycles. The van der Waals surface area contributed by atoms with E-state index in [1.54, 1.807) is 19.3 Å². The fourth-order valence-corrected chi connectivity index (χ4v) is 5.43. The standard InChI is InChI=1S/C34H38FN5O4/c1-6-21(4)44-31-24-15-26(16-29(31)35)39-34(42)43-18-20(3)27-9-7-23(13-19(27)2)30(33(41)40(5)17-24)38-25-8-10-28-22(14-25)11-12-37-32(28)36/h7-16,20-21,30,38H,6,17-18H2,1-5H3,(H2,36,37)(H,39,42)/t20-,21-,30+/m0/s1. The Bertz CT molecular complexity index is 1710. The van der Waals surface area contributed by atoms with Crippen molar-refractivity contribution in [3.8, 4) is 5.75 Å². The van der Waals surface area contributed by atoms with Crippen molar-refractivity contribution in [1.82, 2.24) is 9.88 Å². The first-order valence-electron chi connectivity index (χ1n) is 14.7. The summed E-state index contributed by atoms with van der Waals surface area (Å²) in [5.74, 6) is -0.526. The molecule has 0 spiro atoms. The average Bonchev–Trinajstić information content (AvgIpc) is 2.99. The van der Waals surface area contributed by atoms with Crippen LogP contribution in [0.25, 0.3) is 10.8 Å². The van der Waals surface area contributed by atoms with Gasteiger partial charge in [-0.2, -0.15) is 0 Å². The first-order chi connectivity index (χ1) is 21.0. The van der Waals surface area contributed by atoms with E-state index in [2.05, 4.69) is 15.6 Å². The summed E-state index contributed by atoms with van der Waals surface area (Å²) in [7, 11) is 1.66. The fourth-order valence-electron chi connectivity index (χ4n) is 5.43. The van der Waals surface area contributed by atoms with E-state index in [9.17, 15) is 9.59 Å². The summed E-state index contributed by atoms with van der Waals surface area (Å²) in [6.07, 6.45) is 1.35. The largest absolute Gasteiger partial charge is 0.487 e. The molecule has 3 aromatic carbocycles. The molecule has 3 atom stereocenters. The van der Waals surface area contributed by atoms with Crippen molar-refractivity contribution in [1.29, 1.82) is 0 Å². The number of likely N-dealkylation sites (N-methyl/N-ethyl adjacent to an activating group) is 1. The number of carbonyl (C=O) groups is 2. The Kier molecular flexibility index (Phi) is 8.89. The Balaban J connectivity index is 1.58. The number of ether oxygens (including phenoxy) is 2. The number of pyridine rings is 1. The zero-order chi connectivity index (χ0) is 31.5. The number of anilines is 3. The first kappa shape index (κ1) is 30.6. The lowest BCUT2D eigenvalue weighted by Crippen LogP contribution is -2.35. The zero-order valence-corrected chi connectivity index (χ0v) is 25.6. The number of fused-ring (bicyclic) bond motifs is 10. The van der Waals surface area contributed by atoms with E-state index < -0.39 is 18.0 Å². The number of aryl methyl sites for hydroxylation is 1. The third-order valence-electron chi connectivity index (χ3n) is 8.02. The second-order valence-corrected chi connectivity index (χ2v) is 11.4. The molecular weight excluding hydrogens is 561 g/mol. The highest BCUT2D eigenvalue weighted by molar-refractivity contribution is 5.94. The number of nitrogens with two attached hydrogens (primary N) is 1. The molecule has 4 bridgehead atoms. The number of hydrogen-bond acceptors (Lipinski definition) is 7. The number of halogens is 1. The molecule has 0 aliphatic carbocycles. The predicted octanol–water partition coefficient (Wildman–Crippen LogP) is 6.92. The molecule has 6 rings (SSSR count). The SMILES string of the molecule is CC[C@H](C)Oc1c(F)cc2cc1CN(C)C(=O)[C@H](Nc1ccc3c(N)nccc3c1)c1ccc(c(C)c1)[C@@H](C)COC(=O)N2. The van der Waals surface area contributed by atoms with Crippen LogP contribution in [0.2, 0.25) is 0 Å². The number of carbonyl (C=O) groups excluding carboxylic acids is 2. The van der Waals surface area contributed by atoms with E-state index in [0.29, 0.717) is 17.8 Å². The van der Waals surface area contributed by atoms with Gasteiger partial charge in [-0.25, -0.2) is 14.2 Å². The smallest absolute Gasteiger partial charge is 0.411 e. The van der Waals surface area contributed by atoms with Crippen LogP contribution in [0.3, 0.4) is 0 Å². The highest BCUT2D eigenvalue weighted by Gasteiger charge is 2.27. The van der Waals surface area contributed by atoms with E-state index in [1.165, 1.54) is 11.0 Å². The minimum absolute atomic E-state index is 0.0261. The van der Waals surface area contributed by atoms with Crippen LogP contribution in [-0.4, -0.2) is 41.6 Å². The van der Waals surface area contributed by atoms with Crippen LogP contribution >= 0.6 is 0 Å². The van der Waals surface area contributed by atoms with Crippen molar-refractivity contribution >= 4 is 40.0 Å². The van der Waals surface area contributed by atoms with Gasteiger partial charge < -0.3 is 25.4 Å². The number of amides is 2. The Morgan fingerprint density at radius 1 is 1.18 bits per heavy atom. The number of nitrogens with zero attached hydrogens (tertiary/aromatic N) is 2. The third kappa shape index (κ3) is 6.54. The van der Waals surface area contributed by atoms with Crippen LogP contribution in [0.5, 0.6) is 5.75 Å². The van der Waals surface area contributed by atoms with Crippen molar-refractivity contribution in [3.63, 3.8) is 0 Å². The van der Waals surface area contributed by atoms with E-state index in [0.717, 1.165) is 33.2 Å². The predicted molar refractivity (Wildman–Crippen MR) is 170 cm³/mol. The molecule has 0 unspecified atom stereocenters. The molecule has 10 heteroatoms. The van der Waals surface area contributed by atoms with E-state index in [-0.39, 0.29) is 42.5 Å². The van der Waals surface area contributed by atoms with Gasteiger partial charge in [-0.15, -0.1) is 0 Å². The molecule has 9 nitrogen and oxygen atoms in total. The number of nitrogen functional groups attached to an aromatic ring is 1. The average molecular weight is 600 g/mol. The Morgan fingerprint density at radius 3 is 2.73 bits per heavy atom. The van der Waals surface area contributed by atoms with Crippen molar-refractivity contribution in [3.05, 3.63) is 88.9 Å². The van der Waals surface area contributed by atoms with Gasteiger partial charge in [0.2, 0.25) is 5.91 Å². The molecule has 2 aliphatic heterocycles. The maximum absolute atomic E-state index is 15.5. The molecule has 0 fully saturated rings. The second-order valence-electron chi connectivity index (χ2n) is 11.4. The summed E-state index contributed by atoms with van der Waals surface area (Å²) >= 11 is 0. The summed E-state index contributed by atoms with van der Waals surface area (Å²) in [4.78, 5) is 32.6. The lowest BCUT2D eigenvalue weighted by Gasteiger charge is -2.28. The van der Waals surface area contributed by atoms with Gasteiger partial charge in [0.15, 0.2) is 11.6 Å². The second kappa shape index (κ2) is 12.8. The van der Waals surface area contributed by atoms with Gasteiger partial charge in [-0.3, -0.25) is 10.1 Å². The van der Waals surface area contributed by atoms with Gasteiger partial charge in [0.1, 0.15) is 11.9 Å². The van der Waals surface area contributed by atoms with Crippen molar-refractivity contribution < 1.29 is 23.5 Å². The summed E-state index contributed by atoms with van der Waals surface area (Å²) in [6.45, 7) is 7.87. The van der Waals surface area contributed by atoms with Crippen molar-refractivity contribution in [2.24, 2.45) is 0 Å². The Labute approximate surface area is 256 Å². The minimum Gasteiger partial charge on any atom is -0.487 e. The monoisotopic (exact) mass is 599 g/mol. The van der Waals surface area contributed by atoms with E-state index >= 15 is 4.39 Å². The number of aromatic nitrogens is 1. The molecule has 230 valence electrons. The van der Waals surface area contributed by atoms with Gasteiger partial charge in [0.05, 0.1) is 12.7 Å². The van der Waals surface area contributed by atoms with Gasteiger partial charge in [0, 0.05) is 54.1 Å². The summed E-state index contributed by atoms with van der Waals surface area (Å²) in [5.41, 5.74) is 10.1. The van der Waals surface area contributed by atoms with Crippen LogP contribution in [0.1, 0.15) is 61.4 Å². The summed E-state index contributed by atoms with van der Waals surface area (Å²) < 4.78 is 26.9. The molecule has 44 heavy (non-hydrogen) atoms. The highest BCUT2D eigenvalue weighted by atomic mass is 19.1. The van der Waals surface area contributed by atoms with Gasteiger partial charge >= 0.3 is 6.09 Å². The van der Waals surface area contributed by atoms with Crippen LogP contribution in [0.15, 0.2) is 60.8 Å². The van der Waals surface area contributed by atoms with Crippen LogP contribution in [-0.2, 0) is 16.1 Å². The zero-order valence-electron chi connectivity index (χ0n) is 25.6. The lowest BCUT2D eigenvalue weighted by atomic mass is 9.93. The number of nitrogens with one attached hydrogen (secondary N) is 2. The van der Waals surface area contributed by atoms with Gasteiger partial charge in [-0.1, -0.05) is 32.0 Å². The maximum Gasteiger partial charge on any atom is 0.411 e. The quantitative estimate of drug-likeness (QED) is 0.228. The van der Waals surface area contributed by atoms with Crippen LogP contribution in [0, 0.1) is 12.7 Å².